The molecule has 0 radical (unpaired) electrons. The molecule has 0 aromatic rings. The SMILES string of the molecule is CC.CC.CN1CCC(N2CCOCC2)CC1. The zero-order valence-electron chi connectivity index (χ0n) is 12.5. The summed E-state index contributed by atoms with van der Waals surface area (Å²) in [6.07, 6.45) is 2.69. The highest BCUT2D eigenvalue weighted by Gasteiger charge is 2.23. The molecule has 3 heteroatoms. The normalized spacial score (nSPS) is 23.1. The van der Waals surface area contributed by atoms with Gasteiger partial charge in [-0.25, -0.2) is 0 Å². The minimum atomic E-state index is 0.833. The van der Waals surface area contributed by atoms with E-state index in [4.69, 9.17) is 4.74 Å². The zero-order valence-corrected chi connectivity index (χ0v) is 12.5. The number of piperidine rings is 1. The van der Waals surface area contributed by atoms with Crippen LogP contribution in [-0.4, -0.2) is 62.3 Å². The molecule has 0 aliphatic carbocycles. The van der Waals surface area contributed by atoms with Crippen molar-refractivity contribution in [1.82, 2.24) is 9.80 Å². The molecule has 2 heterocycles. The van der Waals surface area contributed by atoms with E-state index in [1.807, 2.05) is 27.7 Å². The third kappa shape index (κ3) is 6.39. The molecule has 0 aromatic heterocycles. The van der Waals surface area contributed by atoms with E-state index in [0.717, 1.165) is 32.3 Å². The molecule has 2 rings (SSSR count). The summed E-state index contributed by atoms with van der Waals surface area (Å²) in [4.78, 5) is 5.04. The summed E-state index contributed by atoms with van der Waals surface area (Å²) >= 11 is 0. The van der Waals surface area contributed by atoms with E-state index >= 15 is 0 Å². The molecule has 0 amide bonds. The summed E-state index contributed by atoms with van der Waals surface area (Å²) in [5, 5.41) is 0. The highest BCUT2D eigenvalue weighted by atomic mass is 16.5. The van der Waals surface area contributed by atoms with Crippen LogP contribution >= 0.6 is 0 Å². The minimum absolute atomic E-state index is 0.833. The number of nitrogens with zero attached hydrogens (tertiary/aromatic N) is 2. The second-order valence-corrected chi connectivity index (χ2v) is 4.18. The molecule has 0 N–H and O–H groups in total. The highest BCUT2D eigenvalue weighted by molar-refractivity contribution is 4.79. The lowest BCUT2D eigenvalue weighted by atomic mass is 10.0. The van der Waals surface area contributed by atoms with Gasteiger partial charge >= 0.3 is 0 Å². The van der Waals surface area contributed by atoms with Gasteiger partial charge in [-0.15, -0.1) is 0 Å². The minimum Gasteiger partial charge on any atom is -0.379 e. The van der Waals surface area contributed by atoms with Gasteiger partial charge in [0, 0.05) is 19.1 Å². The summed E-state index contributed by atoms with van der Waals surface area (Å²) in [5.74, 6) is 0. The van der Waals surface area contributed by atoms with Crippen LogP contribution in [0.15, 0.2) is 0 Å². The number of ether oxygens (including phenoxy) is 1. The molecule has 3 nitrogen and oxygen atoms in total. The van der Waals surface area contributed by atoms with Crippen molar-refractivity contribution in [2.75, 3.05) is 46.4 Å². The maximum Gasteiger partial charge on any atom is 0.0594 e. The van der Waals surface area contributed by atoms with Crippen molar-refractivity contribution in [1.29, 1.82) is 0 Å². The predicted octanol–water partition coefficient (Wildman–Crippen LogP) is 2.47. The fourth-order valence-electron chi connectivity index (χ4n) is 2.30. The molecule has 0 unspecified atom stereocenters. The molecule has 2 aliphatic rings. The lowest BCUT2D eigenvalue weighted by Gasteiger charge is -2.39. The lowest BCUT2D eigenvalue weighted by molar-refractivity contribution is 0.00290. The first-order valence-electron chi connectivity index (χ1n) is 7.36. The summed E-state index contributed by atoms with van der Waals surface area (Å²) < 4.78 is 5.36. The van der Waals surface area contributed by atoms with E-state index in [1.165, 1.54) is 25.9 Å². The summed E-state index contributed by atoms with van der Waals surface area (Å²) in [6.45, 7) is 14.7. The predicted molar refractivity (Wildman–Crippen MR) is 75.6 cm³/mol. The quantitative estimate of drug-likeness (QED) is 0.705. The number of rotatable bonds is 1. The Hall–Kier alpha value is -0.120. The second-order valence-electron chi connectivity index (χ2n) is 4.18. The summed E-state index contributed by atoms with van der Waals surface area (Å²) in [6, 6.07) is 0.833. The van der Waals surface area contributed by atoms with Crippen molar-refractivity contribution in [3.8, 4) is 0 Å². The van der Waals surface area contributed by atoms with Gasteiger partial charge in [0.2, 0.25) is 0 Å². The maximum absolute atomic E-state index is 5.36. The monoisotopic (exact) mass is 244 g/mol. The van der Waals surface area contributed by atoms with Crippen molar-refractivity contribution in [3.63, 3.8) is 0 Å². The van der Waals surface area contributed by atoms with E-state index < -0.39 is 0 Å². The molecule has 0 bridgehead atoms. The highest BCUT2D eigenvalue weighted by Crippen LogP contribution is 2.16. The largest absolute Gasteiger partial charge is 0.379 e. The molecular weight excluding hydrogens is 212 g/mol. The van der Waals surface area contributed by atoms with Crippen LogP contribution < -0.4 is 0 Å². The lowest BCUT2D eigenvalue weighted by Crippen LogP contribution is -2.48. The first-order valence-corrected chi connectivity index (χ1v) is 7.36. The van der Waals surface area contributed by atoms with Crippen LogP contribution in [0.25, 0.3) is 0 Å². The Morgan fingerprint density at radius 2 is 1.29 bits per heavy atom. The van der Waals surface area contributed by atoms with Crippen LogP contribution in [-0.2, 0) is 4.74 Å². The van der Waals surface area contributed by atoms with Crippen molar-refractivity contribution in [2.45, 2.75) is 46.6 Å². The Morgan fingerprint density at radius 1 is 0.824 bits per heavy atom. The second kappa shape index (κ2) is 11.0. The molecule has 0 aromatic carbocycles. The molecule has 17 heavy (non-hydrogen) atoms. The van der Waals surface area contributed by atoms with E-state index in [0.29, 0.717) is 0 Å². The van der Waals surface area contributed by atoms with Gasteiger partial charge in [0.05, 0.1) is 13.2 Å². The van der Waals surface area contributed by atoms with E-state index in [2.05, 4.69) is 16.8 Å². The Kier molecular flexibility index (Phi) is 10.9. The number of hydrogen-bond donors (Lipinski definition) is 0. The van der Waals surface area contributed by atoms with Crippen LogP contribution in [0.4, 0.5) is 0 Å². The molecular formula is C14H32N2O. The molecule has 2 aliphatic heterocycles. The summed E-state index contributed by atoms with van der Waals surface area (Å²) in [7, 11) is 2.22. The van der Waals surface area contributed by atoms with Gasteiger partial charge < -0.3 is 9.64 Å². The van der Waals surface area contributed by atoms with Gasteiger partial charge in [-0.2, -0.15) is 0 Å². The third-order valence-electron chi connectivity index (χ3n) is 3.25. The van der Waals surface area contributed by atoms with Crippen molar-refractivity contribution >= 4 is 0 Å². The Morgan fingerprint density at radius 3 is 1.76 bits per heavy atom. The Labute approximate surface area is 108 Å². The topological polar surface area (TPSA) is 15.7 Å². The first-order chi connectivity index (χ1) is 8.36. The van der Waals surface area contributed by atoms with Gasteiger partial charge in [-0.3, -0.25) is 4.90 Å². The molecule has 0 atom stereocenters. The van der Waals surface area contributed by atoms with E-state index in [-0.39, 0.29) is 0 Å². The van der Waals surface area contributed by atoms with Gasteiger partial charge in [0.25, 0.3) is 0 Å². The van der Waals surface area contributed by atoms with Crippen molar-refractivity contribution in [2.24, 2.45) is 0 Å². The van der Waals surface area contributed by atoms with Crippen molar-refractivity contribution < 1.29 is 4.74 Å². The van der Waals surface area contributed by atoms with Crippen LogP contribution in [0.1, 0.15) is 40.5 Å². The molecule has 104 valence electrons. The van der Waals surface area contributed by atoms with Gasteiger partial charge in [-0.05, 0) is 33.0 Å². The average molecular weight is 244 g/mol. The molecule has 2 fully saturated rings. The maximum atomic E-state index is 5.36. The summed E-state index contributed by atoms with van der Waals surface area (Å²) in [5.41, 5.74) is 0. The van der Waals surface area contributed by atoms with E-state index in [1.54, 1.807) is 0 Å². The fourth-order valence-corrected chi connectivity index (χ4v) is 2.30. The number of likely N-dealkylation sites (tertiary alicyclic amines) is 1. The van der Waals surface area contributed by atoms with Crippen molar-refractivity contribution in [3.05, 3.63) is 0 Å². The molecule has 0 spiro atoms. The Balaban J connectivity index is 0.000000581. The smallest absolute Gasteiger partial charge is 0.0594 e. The van der Waals surface area contributed by atoms with Gasteiger partial charge in [0.1, 0.15) is 0 Å². The first kappa shape index (κ1) is 16.9. The Bertz CT molecular complexity index is 150. The average Bonchev–Trinajstić information content (AvgIpc) is 2.45. The van der Waals surface area contributed by atoms with Crippen LogP contribution in [0.2, 0.25) is 0 Å². The van der Waals surface area contributed by atoms with Gasteiger partial charge in [0.15, 0.2) is 0 Å². The van der Waals surface area contributed by atoms with Crippen LogP contribution in [0.5, 0.6) is 0 Å². The van der Waals surface area contributed by atoms with Crippen LogP contribution in [0, 0.1) is 0 Å². The number of morpholine rings is 1. The van der Waals surface area contributed by atoms with E-state index in [9.17, 15) is 0 Å². The molecule has 2 saturated heterocycles. The molecule has 0 saturated carbocycles. The van der Waals surface area contributed by atoms with Crippen LogP contribution in [0.3, 0.4) is 0 Å². The number of hydrogen-bond acceptors (Lipinski definition) is 3. The zero-order chi connectivity index (χ0) is 13.1. The fraction of sp³-hybridized carbons (Fsp3) is 1.00. The van der Waals surface area contributed by atoms with Gasteiger partial charge in [-0.1, -0.05) is 27.7 Å². The third-order valence-corrected chi connectivity index (χ3v) is 3.25. The standard InChI is InChI=1S/C10H20N2O.2C2H6/c1-11-4-2-10(3-5-11)12-6-8-13-9-7-12;2*1-2/h10H,2-9H2,1H3;2*1-2H3.